The molecule has 5 nitrogen and oxygen atoms in total. The van der Waals surface area contributed by atoms with E-state index in [1.165, 1.54) is 0 Å². The molecule has 19 heavy (non-hydrogen) atoms. The summed E-state index contributed by atoms with van der Waals surface area (Å²) < 4.78 is 0. The maximum Gasteiger partial charge on any atom is 0.325 e. The molecule has 0 bridgehead atoms. The number of nitrogens with two attached hydrogens (primary N) is 1. The number of nitrogens with zero attached hydrogens (tertiary/aromatic N) is 2. The summed E-state index contributed by atoms with van der Waals surface area (Å²) >= 11 is 0. The predicted molar refractivity (Wildman–Crippen MR) is 70.3 cm³/mol. The molecular formula is C14H17N3O2. The molecule has 100 valence electrons. The molecule has 0 saturated carbocycles. The van der Waals surface area contributed by atoms with Gasteiger partial charge in [0.25, 0.3) is 0 Å². The fourth-order valence-electron chi connectivity index (χ4n) is 2.42. The number of benzene rings is 1. The standard InChI is InChI=1S/C14H17N3O2/c1-10(12-4-2-11(8-15)3-5-12)17-7-6-14(16,9-17)13(18)19/h2-5,10H,6-7,9,16H2,1H3,(H,18,19). The van der Waals surface area contributed by atoms with Crippen LogP contribution in [0.15, 0.2) is 24.3 Å². The average Bonchev–Trinajstić information content (AvgIpc) is 2.82. The maximum absolute atomic E-state index is 11.1. The van der Waals surface area contributed by atoms with Crippen LogP contribution in [0.2, 0.25) is 0 Å². The van der Waals surface area contributed by atoms with Gasteiger partial charge in [-0.1, -0.05) is 12.1 Å². The molecule has 0 spiro atoms. The lowest BCUT2D eigenvalue weighted by molar-refractivity contribution is -0.142. The van der Waals surface area contributed by atoms with E-state index in [0.717, 1.165) is 5.56 Å². The normalized spacial score (nSPS) is 24.9. The lowest BCUT2D eigenvalue weighted by atomic mass is 10.0. The summed E-state index contributed by atoms with van der Waals surface area (Å²) in [4.78, 5) is 13.2. The molecule has 1 fully saturated rings. The predicted octanol–water partition coefficient (Wildman–Crippen LogP) is 1.11. The van der Waals surface area contributed by atoms with E-state index in [2.05, 4.69) is 11.0 Å². The van der Waals surface area contributed by atoms with E-state index in [9.17, 15) is 4.79 Å². The largest absolute Gasteiger partial charge is 0.480 e. The Labute approximate surface area is 112 Å². The molecule has 2 atom stereocenters. The van der Waals surface area contributed by atoms with Crippen LogP contribution in [-0.2, 0) is 4.79 Å². The number of hydrogen-bond donors (Lipinski definition) is 2. The van der Waals surface area contributed by atoms with Crippen LogP contribution in [0.4, 0.5) is 0 Å². The fraction of sp³-hybridized carbons (Fsp3) is 0.429. The van der Waals surface area contributed by atoms with E-state index < -0.39 is 11.5 Å². The minimum Gasteiger partial charge on any atom is -0.480 e. The molecule has 3 N–H and O–H groups in total. The van der Waals surface area contributed by atoms with Gasteiger partial charge in [0.2, 0.25) is 0 Å². The molecule has 1 heterocycles. The van der Waals surface area contributed by atoms with Crippen molar-refractivity contribution < 1.29 is 9.90 Å². The van der Waals surface area contributed by atoms with Crippen molar-refractivity contribution >= 4 is 5.97 Å². The highest BCUT2D eigenvalue weighted by Gasteiger charge is 2.42. The first-order chi connectivity index (χ1) is 8.96. The van der Waals surface area contributed by atoms with Crippen LogP contribution in [0.5, 0.6) is 0 Å². The van der Waals surface area contributed by atoms with Crippen molar-refractivity contribution in [3.05, 3.63) is 35.4 Å². The number of carboxylic acids is 1. The van der Waals surface area contributed by atoms with Crippen molar-refractivity contribution in [2.45, 2.75) is 24.9 Å². The summed E-state index contributed by atoms with van der Waals surface area (Å²) in [6, 6.07) is 9.53. The van der Waals surface area contributed by atoms with Gasteiger partial charge in [0.15, 0.2) is 0 Å². The average molecular weight is 259 g/mol. The highest BCUT2D eigenvalue weighted by atomic mass is 16.4. The Balaban J connectivity index is 2.11. The van der Waals surface area contributed by atoms with E-state index in [1.54, 1.807) is 12.1 Å². The van der Waals surface area contributed by atoms with Crippen LogP contribution in [0.1, 0.15) is 30.5 Å². The Morgan fingerprint density at radius 3 is 2.63 bits per heavy atom. The van der Waals surface area contributed by atoms with E-state index in [-0.39, 0.29) is 6.04 Å². The lowest BCUT2D eigenvalue weighted by Gasteiger charge is -2.26. The van der Waals surface area contributed by atoms with E-state index >= 15 is 0 Å². The first kappa shape index (κ1) is 13.5. The summed E-state index contributed by atoms with van der Waals surface area (Å²) in [6.45, 7) is 3.04. The third-order valence-corrected chi connectivity index (χ3v) is 3.83. The zero-order chi connectivity index (χ0) is 14.0. The number of likely N-dealkylation sites (tertiary alicyclic amines) is 1. The highest BCUT2D eigenvalue weighted by molar-refractivity contribution is 5.79. The number of carboxylic acid groups (broad SMARTS) is 1. The van der Waals surface area contributed by atoms with E-state index in [1.807, 2.05) is 19.1 Å². The zero-order valence-corrected chi connectivity index (χ0v) is 10.8. The number of nitriles is 1. The molecule has 0 aliphatic carbocycles. The third-order valence-electron chi connectivity index (χ3n) is 3.83. The van der Waals surface area contributed by atoms with Crippen molar-refractivity contribution in [2.75, 3.05) is 13.1 Å². The van der Waals surface area contributed by atoms with Gasteiger partial charge in [-0.05, 0) is 31.0 Å². The summed E-state index contributed by atoms with van der Waals surface area (Å²) in [5.74, 6) is -0.943. The fourth-order valence-corrected chi connectivity index (χ4v) is 2.42. The maximum atomic E-state index is 11.1. The first-order valence-electron chi connectivity index (χ1n) is 6.23. The second kappa shape index (κ2) is 5.00. The minimum absolute atomic E-state index is 0.0949. The number of rotatable bonds is 3. The van der Waals surface area contributed by atoms with Crippen LogP contribution in [0, 0.1) is 11.3 Å². The van der Waals surface area contributed by atoms with Crippen molar-refractivity contribution in [1.29, 1.82) is 5.26 Å². The molecule has 2 unspecified atom stereocenters. The Morgan fingerprint density at radius 2 is 2.16 bits per heavy atom. The minimum atomic E-state index is -1.14. The quantitative estimate of drug-likeness (QED) is 0.848. The molecule has 1 saturated heterocycles. The topological polar surface area (TPSA) is 90.4 Å². The lowest BCUT2D eigenvalue weighted by Crippen LogP contribution is -2.50. The Bertz CT molecular complexity index is 520. The summed E-state index contributed by atoms with van der Waals surface area (Å²) in [6.07, 6.45) is 0.461. The molecule has 0 radical (unpaired) electrons. The van der Waals surface area contributed by atoms with Gasteiger partial charge in [0.1, 0.15) is 5.54 Å². The van der Waals surface area contributed by atoms with Crippen LogP contribution in [0.3, 0.4) is 0 Å². The third kappa shape index (κ3) is 2.60. The summed E-state index contributed by atoms with van der Waals surface area (Å²) in [5.41, 5.74) is 6.42. The SMILES string of the molecule is CC(c1ccc(C#N)cc1)N1CCC(N)(C(=O)O)C1. The highest BCUT2D eigenvalue weighted by Crippen LogP contribution is 2.28. The van der Waals surface area contributed by atoms with Gasteiger partial charge in [-0.15, -0.1) is 0 Å². The summed E-state index contributed by atoms with van der Waals surface area (Å²) in [7, 11) is 0. The molecule has 0 amide bonds. The number of carbonyl (C=O) groups is 1. The number of hydrogen-bond acceptors (Lipinski definition) is 4. The van der Waals surface area contributed by atoms with Crippen molar-refractivity contribution in [3.8, 4) is 6.07 Å². The summed E-state index contributed by atoms with van der Waals surface area (Å²) in [5, 5.41) is 17.9. The van der Waals surface area contributed by atoms with E-state index in [4.69, 9.17) is 16.1 Å². The second-order valence-corrected chi connectivity index (χ2v) is 5.09. The smallest absolute Gasteiger partial charge is 0.325 e. The molecule has 5 heteroatoms. The van der Waals surface area contributed by atoms with E-state index in [0.29, 0.717) is 25.1 Å². The van der Waals surface area contributed by atoms with Crippen LogP contribution in [0.25, 0.3) is 0 Å². The Kier molecular flexibility index (Phi) is 3.56. The molecule has 0 aromatic heterocycles. The number of aliphatic carboxylic acids is 1. The van der Waals surface area contributed by atoms with Crippen molar-refractivity contribution in [2.24, 2.45) is 5.73 Å². The molecule has 1 aromatic rings. The molecule has 1 aliphatic rings. The van der Waals surface area contributed by atoms with Gasteiger partial charge in [0, 0.05) is 19.1 Å². The Hall–Kier alpha value is -1.90. The molecular weight excluding hydrogens is 242 g/mol. The van der Waals surface area contributed by atoms with Gasteiger partial charge in [-0.25, -0.2) is 0 Å². The van der Waals surface area contributed by atoms with Crippen molar-refractivity contribution in [3.63, 3.8) is 0 Å². The molecule has 1 aliphatic heterocycles. The van der Waals surface area contributed by atoms with Crippen LogP contribution < -0.4 is 5.73 Å². The van der Waals surface area contributed by atoms with Gasteiger partial charge >= 0.3 is 5.97 Å². The first-order valence-corrected chi connectivity index (χ1v) is 6.23. The Morgan fingerprint density at radius 1 is 1.53 bits per heavy atom. The van der Waals surface area contributed by atoms with Gasteiger partial charge in [-0.2, -0.15) is 5.26 Å². The van der Waals surface area contributed by atoms with Gasteiger partial charge in [0.05, 0.1) is 11.6 Å². The molecule has 2 rings (SSSR count). The van der Waals surface area contributed by atoms with Crippen LogP contribution in [-0.4, -0.2) is 34.6 Å². The zero-order valence-electron chi connectivity index (χ0n) is 10.8. The van der Waals surface area contributed by atoms with Gasteiger partial charge in [-0.3, -0.25) is 9.69 Å². The second-order valence-electron chi connectivity index (χ2n) is 5.09. The van der Waals surface area contributed by atoms with Crippen LogP contribution >= 0.6 is 0 Å². The van der Waals surface area contributed by atoms with Crippen molar-refractivity contribution in [1.82, 2.24) is 4.90 Å². The monoisotopic (exact) mass is 259 g/mol. The van der Waals surface area contributed by atoms with Gasteiger partial charge < -0.3 is 10.8 Å². The molecule has 1 aromatic carbocycles.